The number of hydrogen-bond acceptors (Lipinski definition) is 4. The Morgan fingerprint density at radius 2 is 2.17 bits per heavy atom. The minimum atomic E-state index is 0.120. The van der Waals surface area contributed by atoms with Crippen LogP contribution in [0.15, 0.2) is 18.5 Å². The molecule has 1 aromatic rings. The van der Waals surface area contributed by atoms with Crippen LogP contribution in [0.5, 0.6) is 0 Å². The fraction of sp³-hybridized carbons (Fsp3) is 0.643. The van der Waals surface area contributed by atoms with Gasteiger partial charge in [0.15, 0.2) is 0 Å². The van der Waals surface area contributed by atoms with Crippen LogP contribution in [0.3, 0.4) is 0 Å². The first-order valence-electron chi connectivity index (χ1n) is 6.44. The second-order valence-corrected chi connectivity index (χ2v) is 5.66. The van der Waals surface area contributed by atoms with E-state index in [4.69, 9.17) is 9.47 Å². The zero-order chi connectivity index (χ0) is 13.0. The van der Waals surface area contributed by atoms with E-state index in [2.05, 4.69) is 37.1 Å². The maximum absolute atomic E-state index is 5.59. The van der Waals surface area contributed by atoms with Crippen molar-refractivity contribution in [1.82, 2.24) is 4.98 Å². The maximum atomic E-state index is 5.59. The standard InChI is InChI=1S/C14H22N2O2/c1-14(2,3)11-6-12(8-15-7-11)16-9-13-10-17-4-5-18-13/h6-8,13,16H,4-5,9-10H2,1-3H3. The Balaban J connectivity index is 1.92. The SMILES string of the molecule is CC(C)(C)c1cncc(NCC2COCCO2)c1. The second kappa shape index (κ2) is 5.67. The molecule has 0 spiro atoms. The van der Waals surface area contributed by atoms with E-state index in [1.165, 1.54) is 5.56 Å². The highest BCUT2D eigenvalue weighted by Crippen LogP contribution is 2.23. The lowest BCUT2D eigenvalue weighted by molar-refractivity contribution is -0.0818. The highest BCUT2D eigenvalue weighted by atomic mass is 16.6. The number of nitrogens with one attached hydrogen (secondary N) is 1. The first kappa shape index (κ1) is 13.3. The summed E-state index contributed by atoms with van der Waals surface area (Å²) in [5.74, 6) is 0. The van der Waals surface area contributed by atoms with Crippen molar-refractivity contribution in [3.63, 3.8) is 0 Å². The van der Waals surface area contributed by atoms with Crippen molar-refractivity contribution in [3.8, 4) is 0 Å². The number of aromatic nitrogens is 1. The molecule has 4 nitrogen and oxygen atoms in total. The van der Waals surface area contributed by atoms with E-state index in [-0.39, 0.29) is 11.5 Å². The molecule has 100 valence electrons. The lowest BCUT2D eigenvalue weighted by atomic mass is 9.88. The number of anilines is 1. The predicted octanol–water partition coefficient (Wildman–Crippen LogP) is 2.21. The normalized spacial score (nSPS) is 20.7. The van der Waals surface area contributed by atoms with Gasteiger partial charge < -0.3 is 14.8 Å². The molecule has 0 bridgehead atoms. The van der Waals surface area contributed by atoms with Crippen LogP contribution in [-0.2, 0) is 14.9 Å². The Hall–Kier alpha value is -1.13. The average molecular weight is 250 g/mol. The molecule has 4 heteroatoms. The summed E-state index contributed by atoms with van der Waals surface area (Å²) >= 11 is 0. The molecule has 0 radical (unpaired) electrons. The third-order valence-corrected chi connectivity index (χ3v) is 3.02. The molecule has 0 amide bonds. The summed E-state index contributed by atoms with van der Waals surface area (Å²) in [6.45, 7) is 9.38. The van der Waals surface area contributed by atoms with Crippen molar-refractivity contribution in [1.29, 1.82) is 0 Å². The van der Waals surface area contributed by atoms with Gasteiger partial charge >= 0.3 is 0 Å². The molecule has 2 rings (SSSR count). The van der Waals surface area contributed by atoms with Crippen LogP contribution in [0.25, 0.3) is 0 Å². The van der Waals surface area contributed by atoms with Gasteiger partial charge in [-0.2, -0.15) is 0 Å². The first-order chi connectivity index (χ1) is 8.55. The van der Waals surface area contributed by atoms with Crippen molar-refractivity contribution in [2.24, 2.45) is 0 Å². The van der Waals surface area contributed by atoms with Crippen molar-refractivity contribution in [2.75, 3.05) is 31.7 Å². The molecule has 0 aliphatic carbocycles. The van der Waals surface area contributed by atoms with Gasteiger partial charge in [-0.25, -0.2) is 0 Å². The van der Waals surface area contributed by atoms with Crippen LogP contribution in [-0.4, -0.2) is 37.5 Å². The van der Waals surface area contributed by atoms with E-state index in [0.29, 0.717) is 19.8 Å². The molecular formula is C14H22N2O2. The molecule has 1 aliphatic heterocycles. The van der Waals surface area contributed by atoms with Crippen molar-refractivity contribution in [2.45, 2.75) is 32.3 Å². The van der Waals surface area contributed by atoms with Crippen LogP contribution in [0.4, 0.5) is 5.69 Å². The molecular weight excluding hydrogens is 228 g/mol. The molecule has 1 aliphatic rings. The van der Waals surface area contributed by atoms with E-state index < -0.39 is 0 Å². The van der Waals surface area contributed by atoms with E-state index in [9.17, 15) is 0 Å². The Bertz CT molecular complexity index is 382. The minimum Gasteiger partial charge on any atom is -0.381 e. The van der Waals surface area contributed by atoms with Crippen molar-refractivity contribution in [3.05, 3.63) is 24.0 Å². The molecule has 1 fully saturated rings. The third-order valence-electron chi connectivity index (χ3n) is 3.02. The van der Waals surface area contributed by atoms with Crippen LogP contribution in [0, 0.1) is 0 Å². The van der Waals surface area contributed by atoms with Gasteiger partial charge in [0.05, 0.1) is 31.6 Å². The van der Waals surface area contributed by atoms with Gasteiger partial charge in [-0.15, -0.1) is 0 Å². The highest BCUT2D eigenvalue weighted by Gasteiger charge is 2.16. The Morgan fingerprint density at radius 3 is 2.83 bits per heavy atom. The summed E-state index contributed by atoms with van der Waals surface area (Å²) in [7, 11) is 0. The lowest BCUT2D eigenvalue weighted by Crippen LogP contribution is -2.34. The molecule has 0 saturated carbocycles. The highest BCUT2D eigenvalue weighted by molar-refractivity contribution is 5.44. The monoisotopic (exact) mass is 250 g/mol. The Kier molecular flexibility index (Phi) is 4.19. The van der Waals surface area contributed by atoms with E-state index in [0.717, 1.165) is 12.2 Å². The smallest absolute Gasteiger partial charge is 0.0981 e. The van der Waals surface area contributed by atoms with Gasteiger partial charge in [-0.3, -0.25) is 4.98 Å². The lowest BCUT2D eigenvalue weighted by Gasteiger charge is -2.24. The quantitative estimate of drug-likeness (QED) is 0.893. The van der Waals surface area contributed by atoms with Crippen LogP contribution in [0.2, 0.25) is 0 Å². The molecule has 1 unspecified atom stereocenters. The van der Waals surface area contributed by atoms with E-state index >= 15 is 0 Å². The summed E-state index contributed by atoms with van der Waals surface area (Å²) in [5.41, 5.74) is 2.39. The van der Waals surface area contributed by atoms with E-state index in [1.54, 1.807) is 0 Å². The Morgan fingerprint density at radius 1 is 1.33 bits per heavy atom. The summed E-state index contributed by atoms with van der Waals surface area (Å²) in [5, 5.41) is 3.36. The van der Waals surface area contributed by atoms with Gasteiger partial charge in [0.2, 0.25) is 0 Å². The van der Waals surface area contributed by atoms with Gasteiger partial charge in [-0.05, 0) is 17.0 Å². The summed E-state index contributed by atoms with van der Waals surface area (Å²) < 4.78 is 11.0. The molecule has 18 heavy (non-hydrogen) atoms. The summed E-state index contributed by atoms with van der Waals surface area (Å²) in [6, 6.07) is 2.15. The molecule has 2 heterocycles. The molecule has 1 aromatic heterocycles. The van der Waals surface area contributed by atoms with Crippen LogP contribution >= 0.6 is 0 Å². The first-order valence-corrected chi connectivity index (χ1v) is 6.44. The van der Waals surface area contributed by atoms with Gasteiger partial charge in [0.1, 0.15) is 0 Å². The zero-order valence-corrected chi connectivity index (χ0v) is 11.4. The predicted molar refractivity (Wildman–Crippen MR) is 72.0 cm³/mol. The topological polar surface area (TPSA) is 43.4 Å². The van der Waals surface area contributed by atoms with Crippen LogP contribution in [0.1, 0.15) is 26.3 Å². The van der Waals surface area contributed by atoms with Gasteiger partial charge in [0.25, 0.3) is 0 Å². The zero-order valence-electron chi connectivity index (χ0n) is 11.4. The van der Waals surface area contributed by atoms with Gasteiger partial charge in [-0.1, -0.05) is 20.8 Å². The third kappa shape index (κ3) is 3.68. The largest absolute Gasteiger partial charge is 0.381 e. The van der Waals surface area contributed by atoms with E-state index in [1.807, 2.05) is 12.4 Å². The fourth-order valence-corrected chi connectivity index (χ4v) is 1.83. The fourth-order valence-electron chi connectivity index (χ4n) is 1.83. The maximum Gasteiger partial charge on any atom is 0.0981 e. The molecule has 1 N–H and O–H groups in total. The van der Waals surface area contributed by atoms with Crippen LogP contribution < -0.4 is 5.32 Å². The number of rotatable bonds is 3. The van der Waals surface area contributed by atoms with Crippen molar-refractivity contribution >= 4 is 5.69 Å². The summed E-state index contributed by atoms with van der Waals surface area (Å²) in [6.07, 6.45) is 3.90. The van der Waals surface area contributed by atoms with Crippen molar-refractivity contribution < 1.29 is 9.47 Å². The Labute approximate surface area is 109 Å². The number of hydrogen-bond donors (Lipinski definition) is 1. The molecule has 1 atom stereocenters. The second-order valence-electron chi connectivity index (χ2n) is 5.66. The van der Waals surface area contributed by atoms with Gasteiger partial charge in [0, 0.05) is 18.9 Å². The molecule has 0 aromatic carbocycles. The minimum absolute atomic E-state index is 0.120. The number of pyridine rings is 1. The number of nitrogens with zero attached hydrogens (tertiary/aromatic N) is 1. The average Bonchev–Trinajstić information content (AvgIpc) is 2.37. The summed E-state index contributed by atoms with van der Waals surface area (Å²) in [4.78, 5) is 4.28. The molecule has 1 saturated heterocycles. The number of ether oxygens (including phenoxy) is 2.